The molecule has 0 bridgehead atoms. The van der Waals surface area contributed by atoms with E-state index >= 15 is 0 Å². The molecule has 0 amide bonds. The van der Waals surface area contributed by atoms with Crippen molar-refractivity contribution in [2.75, 3.05) is 14.1 Å². The molecule has 1 atom stereocenters. The molecule has 3 aromatic rings. The molecule has 0 saturated heterocycles. The molecular weight excluding hydrogens is 381 g/mol. The Labute approximate surface area is 174 Å². The Hall–Kier alpha value is -3.29. The van der Waals surface area contributed by atoms with Crippen molar-refractivity contribution in [3.05, 3.63) is 47.5 Å². The second kappa shape index (κ2) is 9.27. The van der Waals surface area contributed by atoms with Gasteiger partial charge in [-0.2, -0.15) is 0 Å². The van der Waals surface area contributed by atoms with Crippen LogP contribution in [-0.4, -0.2) is 38.1 Å². The summed E-state index contributed by atoms with van der Waals surface area (Å²) < 4.78 is 7.15. The number of carbonyl (C=O) groups excluding carboxylic acids is 1. The van der Waals surface area contributed by atoms with Gasteiger partial charge in [0.15, 0.2) is 0 Å². The summed E-state index contributed by atoms with van der Waals surface area (Å²) in [6.07, 6.45) is 2.81. The molecule has 0 aliphatic heterocycles. The SMILES string of the molecule is CC#Cc1ccc2sc3ccc(C(CC=O)NC(=BOC#N)N(C)C)cc3c2c1. The zero-order chi connectivity index (χ0) is 20.8. The van der Waals surface area contributed by atoms with E-state index in [1.165, 1.54) is 16.5 Å². The Balaban J connectivity index is 2.05. The Morgan fingerprint density at radius 3 is 2.66 bits per heavy atom. The summed E-state index contributed by atoms with van der Waals surface area (Å²) in [5, 5.41) is 14.3. The third-order valence-corrected chi connectivity index (χ3v) is 5.68. The van der Waals surface area contributed by atoms with Gasteiger partial charge in [-0.05, 0) is 0 Å². The zero-order valence-electron chi connectivity index (χ0n) is 16.5. The van der Waals surface area contributed by atoms with Crippen LogP contribution in [0.15, 0.2) is 36.4 Å². The van der Waals surface area contributed by atoms with Crippen molar-refractivity contribution in [2.24, 2.45) is 0 Å². The second-order valence-electron chi connectivity index (χ2n) is 6.65. The molecule has 2 aromatic carbocycles. The third-order valence-electron chi connectivity index (χ3n) is 4.52. The zero-order valence-corrected chi connectivity index (χ0v) is 17.3. The molecule has 0 aliphatic rings. The first-order chi connectivity index (χ1) is 14.1. The Morgan fingerprint density at radius 1 is 1.28 bits per heavy atom. The molecule has 0 radical (unpaired) electrons. The summed E-state index contributed by atoms with van der Waals surface area (Å²) in [6.45, 7) is 1.83. The number of thiophene rings is 1. The molecule has 1 heterocycles. The first-order valence-corrected chi connectivity index (χ1v) is 9.90. The van der Waals surface area contributed by atoms with Gasteiger partial charge in [0.2, 0.25) is 0 Å². The van der Waals surface area contributed by atoms with Crippen LogP contribution in [0.5, 0.6) is 0 Å². The topological polar surface area (TPSA) is 65.4 Å². The van der Waals surface area contributed by atoms with Gasteiger partial charge in [-0.15, -0.1) is 0 Å². The monoisotopic (exact) mass is 401 g/mol. The molecule has 5 nitrogen and oxygen atoms in total. The van der Waals surface area contributed by atoms with Crippen molar-refractivity contribution in [3.63, 3.8) is 0 Å². The van der Waals surface area contributed by atoms with E-state index in [0.717, 1.165) is 28.2 Å². The number of aldehydes is 1. The number of rotatable bonds is 7. The number of hydrogen-bond donors (Lipinski definition) is 1. The van der Waals surface area contributed by atoms with Crippen LogP contribution in [0.4, 0.5) is 0 Å². The van der Waals surface area contributed by atoms with E-state index in [9.17, 15) is 4.79 Å². The van der Waals surface area contributed by atoms with E-state index in [1.807, 2.05) is 33.2 Å². The predicted octanol–water partition coefficient (Wildman–Crippen LogP) is 3.41. The fourth-order valence-electron chi connectivity index (χ4n) is 3.14. The van der Waals surface area contributed by atoms with Crippen LogP contribution in [-0.2, 0) is 9.45 Å². The fourth-order valence-corrected chi connectivity index (χ4v) is 4.20. The maximum atomic E-state index is 11.3. The molecule has 1 N–H and O–H groups in total. The predicted molar refractivity (Wildman–Crippen MR) is 120 cm³/mol. The Bertz CT molecular complexity index is 1180. The summed E-state index contributed by atoms with van der Waals surface area (Å²) >= 11 is 1.74. The van der Waals surface area contributed by atoms with Crippen molar-refractivity contribution in [3.8, 4) is 18.1 Å². The number of nitriles is 1. The minimum absolute atomic E-state index is 0.249. The van der Waals surface area contributed by atoms with E-state index in [0.29, 0.717) is 5.71 Å². The van der Waals surface area contributed by atoms with Crippen LogP contribution >= 0.6 is 11.3 Å². The van der Waals surface area contributed by atoms with E-state index in [-0.39, 0.29) is 12.5 Å². The van der Waals surface area contributed by atoms with Gasteiger partial charge >= 0.3 is 175 Å². The average Bonchev–Trinajstić information content (AvgIpc) is 3.07. The molecule has 0 saturated carbocycles. The first kappa shape index (κ1) is 20.4. The summed E-state index contributed by atoms with van der Waals surface area (Å²) in [5.41, 5.74) is 2.58. The fraction of sp³-hybridized carbons (Fsp3) is 0.227. The number of fused-ring (bicyclic) bond motifs is 3. The van der Waals surface area contributed by atoms with E-state index in [4.69, 9.17) is 9.92 Å². The summed E-state index contributed by atoms with van der Waals surface area (Å²) in [7, 11) is 5.01. The molecule has 3 rings (SSSR count). The van der Waals surface area contributed by atoms with Crippen molar-refractivity contribution in [1.29, 1.82) is 5.26 Å². The van der Waals surface area contributed by atoms with Crippen molar-refractivity contribution in [2.45, 2.75) is 19.4 Å². The summed E-state index contributed by atoms with van der Waals surface area (Å²) in [6, 6.07) is 12.2. The van der Waals surface area contributed by atoms with Crippen molar-refractivity contribution < 1.29 is 9.45 Å². The molecule has 29 heavy (non-hydrogen) atoms. The van der Waals surface area contributed by atoms with Gasteiger partial charge in [-0.25, -0.2) is 0 Å². The summed E-state index contributed by atoms with van der Waals surface area (Å²) in [4.78, 5) is 13.1. The Morgan fingerprint density at radius 2 is 2.00 bits per heavy atom. The molecule has 7 heteroatoms. The third kappa shape index (κ3) is 4.59. The standard InChI is InChI=1S/C22H20BN3O2S/c1-4-5-15-6-8-20-17(12-15)18-13-16(7-9-21(18)29-20)19(10-11-27)25-22(26(2)3)23-28-14-24/h6-9,11-13,19,25H,10H2,1-3H3. The normalized spacial score (nSPS) is 11.7. The van der Waals surface area contributed by atoms with Crippen LogP contribution in [0, 0.1) is 23.4 Å². The first-order valence-electron chi connectivity index (χ1n) is 9.08. The van der Waals surface area contributed by atoms with E-state index < -0.39 is 0 Å². The van der Waals surface area contributed by atoms with Gasteiger partial charge in [0.25, 0.3) is 0 Å². The second-order valence-corrected chi connectivity index (χ2v) is 7.73. The summed E-state index contributed by atoms with van der Waals surface area (Å²) in [5.74, 6) is 6.06. The Kier molecular flexibility index (Phi) is 6.54. The number of hydrogen-bond acceptors (Lipinski definition) is 6. The number of nitrogens with one attached hydrogen (secondary N) is 1. The van der Waals surface area contributed by atoms with Gasteiger partial charge in [0.1, 0.15) is 0 Å². The molecule has 0 spiro atoms. The average molecular weight is 401 g/mol. The molecule has 0 fully saturated rings. The minimum atomic E-state index is -0.249. The number of carbonyl (C=O) groups is 1. The molecule has 1 unspecified atom stereocenters. The van der Waals surface area contributed by atoms with Gasteiger partial charge in [0.05, 0.1) is 0 Å². The van der Waals surface area contributed by atoms with Crippen LogP contribution in [0.3, 0.4) is 0 Å². The van der Waals surface area contributed by atoms with Crippen LogP contribution in [0.2, 0.25) is 0 Å². The molecule has 144 valence electrons. The van der Waals surface area contributed by atoms with E-state index in [2.05, 4.69) is 41.4 Å². The number of nitrogens with zero attached hydrogens (tertiary/aromatic N) is 2. The quantitative estimate of drug-likeness (QED) is 0.285. The van der Waals surface area contributed by atoms with Crippen molar-refractivity contribution >= 4 is 50.6 Å². The number of benzene rings is 2. The van der Waals surface area contributed by atoms with Gasteiger partial charge in [-0.3, -0.25) is 0 Å². The van der Waals surface area contributed by atoms with Crippen LogP contribution in [0.1, 0.15) is 30.5 Å². The molecular formula is C22H20BN3O2S. The van der Waals surface area contributed by atoms with Gasteiger partial charge < -0.3 is 0 Å². The van der Waals surface area contributed by atoms with Crippen molar-refractivity contribution in [1.82, 2.24) is 10.2 Å². The molecule has 0 aliphatic carbocycles. The molecule has 1 aromatic heterocycles. The van der Waals surface area contributed by atoms with Crippen LogP contribution < -0.4 is 5.32 Å². The van der Waals surface area contributed by atoms with Gasteiger partial charge in [0, 0.05) is 0 Å². The van der Waals surface area contributed by atoms with Crippen LogP contribution in [0.25, 0.3) is 20.2 Å². The van der Waals surface area contributed by atoms with E-state index in [1.54, 1.807) is 22.5 Å². The van der Waals surface area contributed by atoms with Gasteiger partial charge in [-0.1, -0.05) is 0 Å². The maximum absolute atomic E-state index is 11.3.